The first-order valence-electron chi connectivity index (χ1n) is 19.2. The molecule has 1 amide bonds. The molecule has 0 aliphatic heterocycles. The molecule has 4 heteroatoms. The molecule has 4 nitrogen and oxygen atoms in total. The van der Waals surface area contributed by atoms with E-state index in [1.165, 1.54) is 141 Å². The number of unbranched alkanes of at least 4 members (excludes halogenated alkanes) is 23. The third-order valence-electron chi connectivity index (χ3n) is 8.60. The van der Waals surface area contributed by atoms with Crippen LogP contribution in [0.4, 0.5) is 0 Å². The lowest BCUT2D eigenvalue weighted by molar-refractivity contribution is -0.123. The van der Waals surface area contributed by atoms with Crippen LogP contribution in [0.2, 0.25) is 0 Å². The summed E-state index contributed by atoms with van der Waals surface area (Å²) in [5.74, 6) is -0.0799. The molecule has 3 N–H and O–H groups in total. The topological polar surface area (TPSA) is 69.6 Å². The summed E-state index contributed by atoms with van der Waals surface area (Å²) < 4.78 is 0. The monoisotopic (exact) mass is 618 g/mol. The molecule has 0 fully saturated rings. The highest BCUT2D eigenvalue weighted by Gasteiger charge is 2.17. The molecule has 0 aromatic rings. The smallest absolute Gasteiger partial charge is 0.220 e. The van der Waals surface area contributed by atoms with Gasteiger partial charge >= 0.3 is 0 Å². The van der Waals surface area contributed by atoms with Gasteiger partial charge in [0.2, 0.25) is 5.91 Å². The van der Waals surface area contributed by atoms with Crippen LogP contribution in [0.1, 0.15) is 194 Å². The molecule has 0 aliphatic carbocycles. The highest BCUT2D eigenvalue weighted by Crippen LogP contribution is 2.13. The van der Waals surface area contributed by atoms with Crippen molar-refractivity contribution >= 4 is 5.91 Å². The van der Waals surface area contributed by atoms with Gasteiger partial charge in [-0.25, -0.2) is 0 Å². The molecule has 0 radical (unpaired) electrons. The van der Waals surface area contributed by atoms with E-state index in [1.54, 1.807) is 6.08 Å². The standard InChI is InChI=1S/C40H75NO3/c1-3-5-7-9-11-13-15-17-19-20-21-22-24-26-28-30-32-34-36-40(44)41-38(37-42)39(43)35-33-31-29-27-25-23-18-16-14-12-10-8-6-4-2/h19-20,25,27,33,35,38-39,42-43H,3-18,21-24,26,28-32,34,36-37H2,1-2H3,(H,41,44)/b20-19-,27-25+,35-33+. The van der Waals surface area contributed by atoms with Gasteiger partial charge in [0.15, 0.2) is 0 Å². The summed E-state index contributed by atoms with van der Waals surface area (Å²) in [4.78, 5) is 12.3. The fourth-order valence-electron chi connectivity index (χ4n) is 5.60. The number of hydrogen-bond donors (Lipinski definition) is 3. The molecule has 0 saturated carbocycles. The molecule has 0 saturated heterocycles. The van der Waals surface area contributed by atoms with E-state index in [1.807, 2.05) is 6.08 Å². The lowest BCUT2D eigenvalue weighted by Gasteiger charge is -2.19. The lowest BCUT2D eigenvalue weighted by Crippen LogP contribution is -2.45. The van der Waals surface area contributed by atoms with Crippen LogP contribution in [-0.2, 0) is 4.79 Å². The Kier molecular flexibility index (Phi) is 34.9. The third kappa shape index (κ3) is 32.0. The van der Waals surface area contributed by atoms with E-state index in [0.29, 0.717) is 6.42 Å². The summed E-state index contributed by atoms with van der Waals surface area (Å²) in [5.41, 5.74) is 0. The van der Waals surface area contributed by atoms with Gasteiger partial charge in [-0.2, -0.15) is 0 Å². The van der Waals surface area contributed by atoms with E-state index >= 15 is 0 Å². The minimum absolute atomic E-state index is 0.0799. The van der Waals surface area contributed by atoms with Crippen molar-refractivity contribution in [1.82, 2.24) is 5.32 Å². The van der Waals surface area contributed by atoms with E-state index in [0.717, 1.165) is 32.1 Å². The first kappa shape index (κ1) is 42.6. The maximum atomic E-state index is 12.3. The Labute approximate surface area is 274 Å². The average molecular weight is 618 g/mol. The number of hydrogen-bond acceptors (Lipinski definition) is 3. The highest BCUT2D eigenvalue weighted by atomic mass is 16.3. The number of nitrogens with one attached hydrogen (secondary N) is 1. The maximum Gasteiger partial charge on any atom is 0.220 e. The molecule has 0 bridgehead atoms. The van der Waals surface area contributed by atoms with E-state index in [2.05, 4.69) is 43.5 Å². The van der Waals surface area contributed by atoms with Crippen molar-refractivity contribution < 1.29 is 15.0 Å². The summed E-state index contributed by atoms with van der Waals surface area (Å²) in [6.07, 6.45) is 46.6. The Morgan fingerprint density at radius 3 is 1.32 bits per heavy atom. The zero-order valence-corrected chi connectivity index (χ0v) is 29.4. The highest BCUT2D eigenvalue weighted by molar-refractivity contribution is 5.76. The summed E-state index contributed by atoms with van der Waals surface area (Å²) in [6.45, 7) is 4.28. The van der Waals surface area contributed by atoms with Crippen LogP contribution in [-0.4, -0.2) is 34.9 Å². The van der Waals surface area contributed by atoms with Gasteiger partial charge in [0, 0.05) is 6.42 Å². The molecule has 0 rings (SSSR count). The normalized spacial score (nSPS) is 13.5. The van der Waals surface area contributed by atoms with Crippen LogP contribution in [0.25, 0.3) is 0 Å². The summed E-state index contributed by atoms with van der Waals surface area (Å²) in [7, 11) is 0. The van der Waals surface area contributed by atoms with Gasteiger partial charge in [0.05, 0.1) is 18.8 Å². The second-order valence-corrected chi connectivity index (χ2v) is 13.0. The predicted molar refractivity (Wildman–Crippen MR) is 193 cm³/mol. The number of carbonyl (C=O) groups is 1. The quantitative estimate of drug-likeness (QED) is 0.0497. The Bertz CT molecular complexity index is 672. The van der Waals surface area contributed by atoms with Crippen LogP contribution in [0.15, 0.2) is 36.5 Å². The van der Waals surface area contributed by atoms with Crippen molar-refractivity contribution in [2.45, 2.75) is 206 Å². The van der Waals surface area contributed by atoms with Crippen molar-refractivity contribution in [2.24, 2.45) is 0 Å². The van der Waals surface area contributed by atoms with E-state index in [9.17, 15) is 15.0 Å². The largest absolute Gasteiger partial charge is 0.394 e. The van der Waals surface area contributed by atoms with Crippen molar-refractivity contribution in [3.63, 3.8) is 0 Å². The summed E-state index contributed by atoms with van der Waals surface area (Å²) in [6, 6.07) is -0.638. The van der Waals surface area contributed by atoms with Crippen LogP contribution in [0.3, 0.4) is 0 Å². The molecule has 44 heavy (non-hydrogen) atoms. The van der Waals surface area contributed by atoms with Gasteiger partial charge in [-0.05, 0) is 57.8 Å². The SMILES string of the molecule is CCCCCCCCC/C=C\CCCCCCCCCC(=O)NC(CO)C(O)/C=C/CC/C=C/CCCCCCCCCC. The first-order chi connectivity index (χ1) is 21.7. The number of rotatable bonds is 34. The Morgan fingerprint density at radius 2 is 0.886 bits per heavy atom. The Morgan fingerprint density at radius 1 is 0.523 bits per heavy atom. The first-order valence-corrected chi connectivity index (χ1v) is 19.2. The average Bonchev–Trinajstić information content (AvgIpc) is 3.03. The molecule has 0 heterocycles. The molecule has 0 spiro atoms. The van der Waals surface area contributed by atoms with Gasteiger partial charge < -0.3 is 15.5 Å². The number of amides is 1. The summed E-state index contributed by atoms with van der Waals surface area (Å²) in [5, 5.41) is 22.9. The Hall–Kier alpha value is -1.39. The van der Waals surface area contributed by atoms with Gasteiger partial charge in [-0.1, -0.05) is 166 Å². The molecular formula is C40H75NO3. The van der Waals surface area contributed by atoms with Gasteiger partial charge in [-0.15, -0.1) is 0 Å². The van der Waals surface area contributed by atoms with Gasteiger partial charge in [0.25, 0.3) is 0 Å². The molecule has 0 aromatic carbocycles. The van der Waals surface area contributed by atoms with Crippen LogP contribution in [0, 0.1) is 0 Å². The van der Waals surface area contributed by atoms with Crippen molar-refractivity contribution in [1.29, 1.82) is 0 Å². The fourth-order valence-corrected chi connectivity index (χ4v) is 5.60. The zero-order chi connectivity index (χ0) is 32.2. The number of aliphatic hydroxyl groups is 2. The Balaban J connectivity index is 3.65. The molecule has 0 aromatic heterocycles. The van der Waals surface area contributed by atoms with Crippen LogP contribution in [0.5, 0.6) is 0 Å². The number of carbonyl (C=O) groups excluding carboxylic acids is 1. The lowest BCUT2D eigenvalue weighted by atomic mass is 10.1. The van der Waals surface area contributed by atoms with Crippen LogP contribution >= 0.6 is 0 Å². The predicted octanol–water partition coefficient (Wildman–Crippen LogP) is 11.5. The van der Waals surface area contributed by atoms with E-state index in [4.69, 9.17) is 0 Å². The van der Waals surface area contributed by atoms with Crippen molar-refractivity contribution in [3.05, 3.63) is 36.5 Å². The van der Waals surface area contributed by atoms with Crippen molar-refractivity contribution in [2.75, 3.05) is 6.61 Å². The number of allylic oxidation sites excluding steroid dienone is 5. The number of aliphatic hydroxyl groups excluding tert-OH is 2. The maximum absolute atomic E-state index is 12.3. The molecule has 258 valence electrons. The third-order valence-corrected chi connectivity index (χ3v) is 8.60. The van der Waals surface area contributed by atoms with Crippen LogP contribution < -0.4 is 5.32 Å². The zero-order valence-electron chi connectivity index (χ0n) is 29.4. The van der Waals surface area contributed by atoms with E-state index < -0.39 is 12.1 Å². The fraction of sp³-hybridized carbons (Fsp3) is 0.825. The second-order valence-electron chi connectivity index (χ2n) is 13.0. The van der Waals surface area contributed by atoms with Crippen molar-refractivity contribution in [3.8, 4) is 0 Å². The van der Waals surface area contributed by atoms with E-state index in [-0.39, 0.29) is 12.5 Å². The molecule has 2 atom stereocenters. The van der Waals surface area contributed by atoms with Gasteiger partial charge in [-0.3, -0.25) is 4.79 Å². The molecular weight excluding hydrogens is 542 g/mol. The summed E-state index contributed by atoms with van der Waals surface area (Å²) >= 11 is 0. The minimum atomic E-state index is -0.861. The molecule has 2 unspecified atom stereocenters. The van der Waals surface area contributed by atoms with Gasteiger partial charge in [0.1, 0.15) is 0 Å². The molecule has 0 aliphatic rings. The minimum Gasteiger partial charge on any atom is -0.394 e. The second kappa shape index (κ2) is 36.1.